The van der Waals surface area contributed by atoms with Gasteiger partial charge < -0.3 is 10.4 Å². The summed E-state index contributed by atoms with van der Waals surface area (Å²) in [6.45, 7) is -1.08. The van der Waals surface area contributed by atoms with Gasteiger partial charge in [-0.2, -0.15) is 0 Å². The van der Waals surface area contributed by atoms with E-state index in [9.17, 15) is 23.2 Å². The van der Waals surface area contributed by atoms with E-state index in [1.165, 1.54) is 24.3 Å². The van der Waals surface area contributed by atoms with Crippen molar-refractivity contribution in [1.82, 2.24) is 4.90 Å². The number of urea groups is 1. The molecule has 0 aliphatic rings. The molecule has 2 aromatic carbocycles. The summed E-state index contributed by atoms with van der Waals surface area (Å²) in [5.41, 5.74) is -0.804. The van der Waals surface area contributed by atoms with Crippen LogP contribution in [0.4, 0.5) is 19.3 Å². The lowest BCUT2D eigenvalue weighted by Gasteiger charge is -2.20. The van der Waals surface area contributed by atoms with Gasteiger partial charge in [-0.25, -0.2) is 18.5 Å². The van der Waals surface area contributed by atoms with E-state index < -0.39 is 41.7 Å². The maximum atomic E-state index is 13.8. The Bertz CT molecular complexity index is 807. The molecule has 0 bridgehead atoms. The highest BCUT2D eigenvalue weighted by Crippen LogP contribution is 2.17. The van der Waals surface area contributed by atoms with Crippen molar-refractivity contribution >= 4 is 35.2 Å². The zero-order valence-corrected chi connectivity index (χ0v) is 13.3. The normalized spacial score (nSPS) is 10.2. The predicted molar refractivity (Wildman–Crippen MR) is 85.5 cm³/mol. The van der Waals surface area contributed by atoms with E-state index in [1.807, 2.05) is 0 Å². The first-order valence-electron chi connectivity index (χ1n) is 6.84. The van der Waals surface area contributed by atoms with Crippen LogP contribution >= 0.6 is 11.6 Å². The highest BCUT2D eigenvalue weighted by Gasteiger charge is 2.29. The van der Waals surface area contributed by atoms with Gasteiger partial charge in [-0.15, -0.1) is 0 Å². The van der Waals surface area contributed by atoms with Crippen molar-refractivity contribution in [3.8, 4) is 0 Å². The molecule has 0 aromatic heterocycles. The van der Waals surface area contributed by atoms with Crippen molar-refractivity contribution < 1.29 is 28.3 Å². The average Bonchev–Trinajstić information content (AvgIpc) is 2.54. The fraction of sp³-hybridized carbons (Fsp3) is 0.0625. The third-order valence-corrected chi connectivity index (χ3v) is 3.31. The molecular weight excluding hydrogens is 358 g/mol. The second kappa shape index (κ2) is 7.71. The molecule has 130 valence electrons. The molecule has 0 spiro atoms. The van der Waals surface area contributed by atoms with Gasteiger partial charge in [0.05, 0.1) is 0 Å². The predicted octanol–water partition coefficient (Wildman–Crippen LogP) is 3.38. The SMILES string of the molecule is O=C(O)CN(C(=O)Nc1ccc(Cl)cc1)C(=O)c1c(F)cccc1F. The summed E-state index contributed by atoms with van der Waals surface area (Å²) in [6, 6.07) is 7.27. The van der Waals surface area contributed by atoms with Crippen LogP contribution in [0.15, 0.2) is 42.5 Å². The number of carboxylic acids is 1. The second-order valence-electron chi connectivity index (χ2n) is 4.82. The zero-order chi connectivity index (χ0) is 18.6. The summed E-state index contributed by atoms with van der Waals surface area (Å²) < 4.78 is 27.5. The molecule has 2 rings (SSSR count). The monoisotopic (exact) mass is 368 g/mol. The molecule has 2 N–H and O–H groups in total. The smallest absolute Gasteiger partial charge is 0.329 e. The summed E-state index contributed by atoms with van der Waals surface area (Å²) in [6.07, 6.45) is 0. The lowest BCUT2D eigenvalue weighted by molar-refractivity contribution is -0.137. The standard InChI is InChI=1S/C16H11ClF2N2O4/c17-9-4-6-10(7-5-9)20-16(25)21(8-13(22)23)15(24)14-11(18)2-1-3-12(14)19/h1-7H,8H2,(H,20,25)(H,22,23). The Morgan fingerprint density at radius 3 is 2.12 bits per heavy atom. The molecular formula is C16H11ClF2N2O4. The van der Waals surface area contributed by atoms with Gasteiger partial charge in [-0.05, 0) is 36.4 Å². The van der Waals surface area contributed by atoms with Crippen LogP contribution in [0, 0.1) is 11.6 Å². The second-order valence-corrected chi connectivity index (χ2v) is 5.26. The molecule has 3 amide bonds. The Morgan fingerprint density at radius 1 is 1.04 bits per heavy atom. The van der Waals surface area contributed by atoms with E-state index in [0.29, 0.717) is 5.02 Å². The number of hydrogen-bond acceptors (Lipinski definition) is 3. The molecule has 0 unspecified atom stereocenters. The van der Waals surface area contributed by atoms with Crippen LogP contribution < -0.4 is 5.32 Å². The number of nitrogens with zero attached hydrogens (tertiary/aromatic N) is 1. The number of amides is 3. The van der Waals surface area contributed by atoms with Crippen LogP contribution in [0.2, 0.25) is 5.02 Å². The van der Waals surface area contributed by atoms with E-state index in [1.54, 1.807) is 0 Å². The molecule has 25 heavy (non-hydrogen) atoms. The number of hydrogen-bond donors (Lipinski definition) is 2. The molecule has 0 heterocycles. The van der Waals surface area contributed by atoms with E-state index in [4.69, 9.17) is 16.7 Å². The zero-order valence-electron chi connectivity index (χ0n) is 12.5. The van der Waals surface area contributed by atoms with E-state index in [2.05, 4.69) is 5.32 Å². The maximum absolute atomic E-state index is 13.8. The van der Waals surface area contributed by atoms with Crippen molar-refractivity contribution in [2.24, 2.45) is 0 Å². The Morgan fingerprint density at radius 2 is 1.60 bits per heavy atom. The minimum Gasteiger partial charge on any atom is -0.480 e. The summed E-state index contributed by atoms with van der Waals surface area (Å²) in [5, 5.41) is 11.5. The van der Waals surface area contributed by atoms with Gasteiger partial charge in [0.15, 0.2) is 0 Å². The molecule has 0 saturated carbocycles. The molecule has 0 radical (unpaired) electrons. The molecule has 2 aromatic rings. The fourth-order valence-electron chi connectivity index (χ4n) is 1.93. The number of rotatable bonds is 4. The van der Waals surface area contributed by atoms with Crippen molar-refractivity contribution in [2.45, 2.75) is 0 Å². The van der Waals surface area contributed by atoms with Crippen molar-refractivity contribution in [3.05, 3.63) is 64.7 Å². The van der Waals surface area contributed by atoms with Gasteiger partial charge in [0, 0.05) is 10.7 Å². The summed E-state index contributed by atoms with van der Waals surface area (Å²) in [4.78, 5) is 35.7. The number of anilines is 1. The quantitative estimate of drug-likeness (QED) is 0.866. The Hall–Kier alpha value is -3.00. The molecule has 0 aliphatic carbocycles. The number of halogens is 3. The molecule has 0 saturated heterocycles. The molecule has 6 nitrogen and oxygen atoms in total. The first kappa shape index (κ1) is 18.3. The van der Waals surface area contributed by atoms with Gasteiger partial charge in [-0.3, -0.25) is 9.59 Å². The van der Waals surface area contributed by atoms with Crippen molar-refractivity contribution in [1.29, 1.82) is 0 Å². The number of carbonyl (C=O) groups excluding carboxylic acids is 2. The molecule has 0 aliphatic heterocycles. The van der Waals surface area contributed by atoms with Crippen LogP contribution in [0.5, 0.6) is 0 Å². The van der Waals surface area contributed by atoms with Crippen LogP contribution in [0.1, 0.15) is 10.4 Å². The summed E-state index contributed by atoms with van der Waals surface area (Å²) >= 11 is 5.71. The van der Waals surface area contributed by atoms with Crippen molar-refractivity contribution in [3.63, 3.8) is 0 Å². The number of aliphatic carboxylic acids is 1. The fourth-order valence-corrected chi connectivity index (χ4v) is 2.06. The number of nitrogens with one attached hydrogen (secondary N) is 1. The first-order valence-corrected chi connectivity index (χ1v) is 7.21. The van der Waals surface area contributed by atoms with Crippen molar-refractivity contribution in [2.75, 3.05) is 11.9 Å². The maximum Gasteiger partial charge on any atom is 0.329 e. The minimum absolute atomic E-state index is 0.193. The first-order chi connectivity index (χ1) is 11.8. The van der Waals surface area contributed by atoms with E-state index >= 15 is 0 Å². The number of carboxylic acid groups (broad SMARTS) is 1. The number of imide groups is 1. The van der Waals surface area contributed by atoms with Crippen LogP contribution in [-0.4, -0.2) is 34.5 Å². The molecule has 0 fully saturated rings. The van der Waals surface area contributed by atoms with E-state index in [0.717, 1.165) is 18.2 Å². The Labute approximate surface area is 145 Å². The summed E-state index contributed by atoms with van der Waals surface area (Å²) in [7, 11) is 0. The molecule has 0 atom stereocenters. The largest absolute Gasteiger partial charge is 0.480 e. The topological polar surface area (TPSA) is 86.7 Å². The number of carbonyl (C=O) groups is 3. The lowest BCUT2D eigenvalue weighted by Crippen LogP contribution is -2.43. The Balaban J connectivity index is 2.31. The van der Waals surface area contributed by atoms with Crippen LogP contribution in [0.3, 0.4) is 0 Å². The highest BCUT2D eigenvalue weighted by molar-refractivity contribution is 6.30. The third kappa shape index (κ3) is 4.51. The number of benzene rings is 2. The average molecular weight is 369 g/mol. The van der Waals surface area contributed by atoms with Gasteiger partial charge in [0.25, 0.3) is 5.91 Å². The molecule has 9 heteroatoms. The summed E-state index contributed by atoms with van der Waals surface area (Å²) in [5.74, 6) is -5.36. The minimum atomic E-state index is -1.53. The van der Waals surface area contributed by atoms with Crippen LogP contribution in [0.25, 0.3) is 0 Å². The van der Waals surface area contributed by atoms with Gasteiger partial charge in [0.2, 0.25) is 0 Å². The van der Waals surface area contributed by atoms with E-state index in [-0.39, 0.29) is 10.6 Å². The van der Waals surface area contributed by atoms with Crippen LogP contribution in [-0.2, 0) is 4.79 Å². The Kier molecular flexibility index (Phi) is 5.66. The highest BCUT2D eigenvalue weighted by atomic mass is 35.5. The third-order valence-electron chi connectivity index (χ3n) is 3.06. The van der Waals surface area contributed by atoms with Gasteiger partial charge >= 0.3 is 12.0 Å². The van der Waals surface area contributed by atoms with Gasteiger partial charge in [0.1, 0.15) is 23.7 Å². The van der Waals surface area contributed by atoms with Gasteiger partial charge in [-0.1, -0.05) is 17.7 Å². The lowest BCUT2D eigenvalue weighted by atomic mass is 10.1.